The van der Waals surface area contributed by atoms with Crippen LogP contribution in [0.1, 0.15) is 103 Å². The van der Waals surface area contributed by atoms with Crippen molar-refractivity contribution in [3.8, 4) is 22.3 Å². The van der Waals surface area contributed by atoms with Crippen molar-refractivity contribution in [1.82, 2.24) is 0 Å². The fraction of sp³-hybridized carbons (Fsp3) is 0.206. The van der Waals surface area contributed by atoms with Gasteiger partial charge in [-0.25, -0.2) is 0 Å². The standard InChI is InChI=1S/C68H62N2/c1-65(2,3)63-56-37-33-48(70(46-29-28-43-20-14-15-21-44(43)38-46)50-31-35-54-52-25-17-19-27-60(52)68(9,10)62(54)42-50)40-58(56)64(66(4,5)6)55-36-32-47(39-57(55)63)69(45-22-12-11-13-23-45)49-30-34-53-51-24-16-18-26-59(51)67(7,8)61(53)41-49/h11-42H,1-10H3. The summed E-state index contributed by atoms with van der Waals surface area (Å²) in [5.41, 5.74) is 19.9. The molecule has 70 heavy (non-hydrogen) atoms. The van der Waals surface area contributed by atoms with E-state index in [1.807, 2.05) is 0 Å². The fourth-order valence-electron chi connectivity index (χ4n) is 12.5. The van der Waals surface area contributed by atoms with Gasteiger partial charge in [0.2, 0.25) is 0 Å². The summed E-state index contributed by atoms with van der Waals surface area (Å²) in [4.78, 5) is 4.96. The van der Waals surface area contributed by atoms with Crippen LogP contribution in [0, 0.1) is 0 Å². The van der Waals surface area contributed by atoms with E-state index in [-0.39, 0.29) is 21.7 Å². The lowest BCUT2D eigenvalue weighted by Gasteiger charge is -2.33. The number of hydrogen-bond donors (Lipinski definition) is 0. The zero-order valence-electron chi connectivity index (χ0n) is 42.4. The molecule has 2 nitrogen and oxygen atoms in total. The summed E-state index contributed by atoms with van der Waals surface area (Å²) in [6.45, 7) is 23.8. The van der Waals surface area contributed by atoms with Gasteiger partial charge in [-0.2, -0.15) is 0 Å². The summed E-state index contributed by atoms with van der Waals surface area (Å²) in [6, 6.07) is 73.3. The second kappa shape index (κ2) is 15.5. The van der Waals surface area contributed by atoms with E-state index in [1.54, 1.807) is 0 Å². The van der Waals surface area contributed by atoms with Crippen LogP contribution in [0.3, 0.4) is 0 Å². The molecule has 0 N–H and O–H groups in total. The quantitative estimate of drug-likeness (QED) is 0.153. The van der Waals surface area contributed by atoms with Gasteiger partial charge in [0.05, 0.1) is 0 Å². The average molecular weight is 907 g/mol. The first-order valence-corrected chi connectivity index (χ1v) is 25.2. The fourth-order valence-corrected chi connectivity index (χ4v) is 12.5. The Balaban J connectivity index is 1.08. The van der Waals surface area contributed by atoms with Gasteiger partial charge in [-0.15, -0.1) is 0 Å². The number of para-hydroxylation sites is 1. The molecule has 344 valence electrons. The second-order valence-corrected chi connectivity index (χ2v) is 23.0. The van der Waals surface area contributed by atoms with Crippen molar-refractivity contribution in [3.63, 3.8) is 0 Å². The SMILES string of the molecule is CC(C)(C)c1c2ccc(N(c3ccc4c(c3)C(C)(C)c3ccccc3-4)c3ccc4ccccc4c3)cc2c(C(C)(C)C)c2ccc(N(c3ccccc3)c3ccc4c(c3)C(C)(C)c3ccccc3-4)cc12. The Morgan fingerprint density at radius 2 is 0.657 bits per heavy atom. The maximum Gasteiger partial charge on any atom is 0.0468 e. The first-order valence-electron chi connectivity index (χ1n) is 25.2. The molecule has 2 aliphatic carbocycles. The second-order valence-electron chi connectivity index (χ2n) is 23.0. The van der Waals surface area contributed by atoms with Crippen LogP contribution < -0.4 is 9.80 Å². The van der Waals surface area contributed by atoms with E-state index < -0.39 is 0 Å². The van der Waals surface area contributed by atoms with Crippen molar-refractivity contribution in [3.05, 3.63) is 228 Å². The van der Waals surface area contributed by atoms with Crippen LogP contribution in [-0.2, 0) is 21.7 Å². The van der Waals surface area contributed by atoms with Crippen molar-refractivity contribution >= 4 is 66.4 Å². The number of anilines is 6. The van der Waals surface area contributed by atoms with Crippen molar-refractivity contribution in [2.45, 2.75) is 90.9 Å². The highest BCUT2D eigenvalue weighted by atomic mass is 15.1. The molecule has 0 unspecified atom stereocenters. The Labute approximate surface area is 414 Å². The van der Waals surface area contributed by atoms with E-state index in [2.05, 4.69) is 273 Å². The molecule has 0 heterocycles. The predicted molar refractivity (Wildman–Crippen MR) is 301 cm³/mol. The molecule has 0 fully saturated rings. The van der Waals surface area contributed by atoms with E-state index in [9.17, 15) is 0 Å². The molecule has 0 bridgehead atoms. The Hall–Kier alpha value is -7.42. The van der Waals surface area contributed by atoms with Gasteiger partial charge in [0, 0.05) is 45.0 Å². The topological polar surface area (TPSA) is 6.48 Å². The van der Waals surface area contributed by atoms with Gasteiger partial charge in [-0.1, -0.05) is 191 Å². The summed E-state index contributed by atoms with van der Waals surface area (Å²) < 4.78 is 0. The lowest BCUT2D eigenvalue weighted by Crippen LogP contribution is -2.19. The third-order valence-corrected chi connectivity index (χ3v) is 15.8. The normalized spacial score (nSPS) is 14.4. The van der Waals surface area contributed by atoms with Gasteiger partial charge in [0.15, 0.2) is 0 Å². The molecule has 0 aromatic heterocycles. The lowest BCUT2D eigenvalue weighted by molar-refractivity contribution is 0.593. The molecule has 12 rings (SSSR count). The van der Waals surface area contributed by atoms with E-state index in [0.29, 0.717) is 0 Å². The van der Waals surface area contributed by atoms with Crippen molar-refractivity contribution in [1.29, 1.82) is 0 Å². The molecule has 0 saturated heterocycles. The summed E-state index contributed by atoms with van der Waals surface area (Å²) >= 11 is 0. The van der Waals surface area contributed by atoms with Crippen LogP contribution in [-0.4, -0.2) is 0 Å². The predicted octanol–water partition coefficient (Wildman–Crippen LogP) is 19.3. The Morgan fingerprint density at radius 3 is 1.16 bits per heavy atom. The number of nitrogens with zero attached hydrogens (tertiary/aromatic N) is 2. The Bertz CT molecular complexity index is 3740. The molecule has 0 radical (unpaired) electrons. The zero-order chi connectivity index (χ0) is 48.5. The summed E-state index contributed by atoms with van der Waals surface area (Å²) in [6.07, 6.45) is 0. The van der Waals surface area contributed by atoms with Crippen LogP contribution in [0.15, 0.2) is 194 Å². The minimum Gasteiger partial charge on any atom is -0.310 e. The van der Waals surface area contributed by atoms with Gasteiger partial charge < -0.3 is 9.80 Å². The van der Waals surface area contributed by atoms with E-state index in [1.165, 1.54) is 88.0 Å². The molecule has 0 aliphatic heterocycles. The largest absolute Gasteiger partial charge is 0.310 e. The Morgan fingerprint density at radius 1 is 0.286 bits per heavy atom. The molecular formula is C68H62N2. The summed E-state index contributed by atoms with van der Waals surface area (Å²) in [7, 11) is 0. The van der Waals surface area contributed by atoms with Crippen LogP contribution in [0.5, 0.6) is 0 Å². The minimum absolute atomic E-state index is 0.112. The van der Waals surface area contributed by atoms with Crippen molar-refractivity contribution < 1.29 is 0 Å². The smallest absolute Gasteiger partial charge is 0.0468 e. The highest BCUT2D eigenvalue weighted by Crippen LogP contribution is 2.54. The monoisotopic (exact) mass is 906 g/mol. The number of hydrogen-bond acceptors (Lipinski definition) is 2. The highest BCUT2D eigenvalue weighted by molar-refractivity contribution is 6.10. The number of rotatable bonds is 6. The van der Waals surface area contributed by atoms with Gasteiger partial charge in [0.25, 0.3) is 0 Å². The summed E-state index contributed by atoms with van der Waals surface area (Å²) in [5, 5.41) is 7.68. The van der Waals surface area contributed by atoms with Gasteiger partial charge in [-0.05, 0) is 172 Å². The molecule has 0 amide bonds. The van der Waals surface area contributed by atoms with Crippen LogP contribution in [0.2, 0.25) is 0 Å². The van der Waals surface area contributed by atoms with Crippen LogP contribution in [0.25, 0.3) is 54.6 Å². The van der Waals surface area contributed by atoms with Crippen LogP contribution >= 0.6 is 0 Å². The molecule has 0 atom stereocenters. The van der Waals surface area contributed by atoms with Gasteiger partial charge >= 0.3 is 0 Å². The molecule has 2 aliphatic rings. The maximum absolute atomic E-state index is 2.50. The Kier molecular flexibility index (Phi) is 9.73. The molecular weight excluding hydrogens is 845 g/mol. The van der Waals surface area contributed by atoms with Crippen molar-refractivity contribution in [2.24, 2.45) is 0 Å². The molecule has 0 spiro atoms. The molecule has 10 aromatic rings. The first-order chi connectivity index (χ1) is 33.5. The third-order valence-electron chi connectivity index (χ3n) is 15.8. The summed E-state index contributed by atoms with van der Waals surface area (Å²) in [5.74, 6) is 0. The van der Waals surface area contributed by atoms with E-state index >= 15 is 0 Å². The van der Waals surface area contributed by atoms with Gasteiger partial charge in [0.1, 0.15) is 0 Å². The molecule has 2 heteroatoms. The average Bonchev–Trinajstić information content (AvgIpc) is 3.71. The number of fused-ring (bicyclic) bond motifs is 9. The highest BCUT2D eigenvalue weighted by Gasteiger charge is 2.38. The molecule has 10 aromatic carbocycles. The molecule has 0 saturated carbocycles. The van der Waals surface area contributed by atoms with E-state index in [4.69, 9.17) is 0 Å². The first kappa shape index (κ1) is 43.8. The minimum atomic E-state index is -0.177. The van der Waals surface area contributed by atoms with E-state index in [0.717, 1.165) is 34.1 Å². The van der Waals surface area contributed by atoms with Gasteiger partial charge in [-0.3, -0.25) is 0 Å². The van der Waals surface area contributed by atoms with Crippen molar-refractivity contribution in [2.75, 3.05) is 9.80 Å². The third kappa shape index (κ3) is 6.74. The van der Waals surface area contributed by atoms with Crippen LogP contribution in [0.4, 0.5) is 34.1 Å². The lowest BCUT2D eigenvalue weighted by atomic mass is 9.74. The zero-order valence-corrected chi connectivity index (χ0v) is 42.4. The number of benzene rings is 10. The maximum atomic E-state index is 2.50.